The number of ether oxygens (including phenoxy) is 1. The summed E-state index contributed by atoms with van der Waals surface area (Å²) in [6.07, 6.45) is 1.47. The van der Waals surface area contributed by atoms with Crippen LogP contribution in [0.1, 0.15) is 12.6 Å². The van der Waals surface area contributed by atoms with Gasteiger partial charge in [-0.2, -0.15) is 0 Å². The summed E-state index contributed by atoms with van der Waals surface area (Å²) in [5, 5.41) is 1.30. The van der Waals surface area contributed by atoms with Crippen LogP contribution in [0, 0.1) is 0 Å². The predicted molar refractivity (Wildman–Crippen MR) is 110 cm³/mol. The molecule has 0 unspecified atom stereocenters. The van der Waals surface area contributed by atoms with Crippen molar-refractivity contribution < 1.29 is 19.2 Å². The molecule has 0 aliphatic carbocycles. The highest BCUT2D eigenvalue weighted by molar-refractivity contribution is 6.36. The van der Waals surface area contributed by atoms with Crippen LogP contribution in [-0.2, 0) is 25.6 Å². The Morgan fingerprint density at radius 3 is 2.52 bits per heavy atom. The van der Waals surface area contributed by atoms with Crippen LogP contribution in [0.3, 0.4) is 0 Å². The first-order chi connectivity index (χ1) is 13.9. The number of hydrogen-bond donors (Lipinski definition) is 1. The van der Waals surface area contributed by atoms with Gasteiger partial charge in [-0.05, 0) is 25.1 Å². The number of hydroxylamine groups is 1. The normalized spacial score (nSPS) is 10.9. The summed E-state index contributed by atoms with van der Waals surface area (Å²) in [7, 11) is 0. The minimum atomic E-state index is -0.623. The monoisotopic (exact) mass is 455 g/mol. The number of imidazole rings is 1. The molecule has 0 saturated heterocycles. The second kappa shape index (κ2) is 9.45. The summed E-state index contributed by atoms with van der Waals surface area (Å²) in [5.74, 6) is -1.15. The Kier molecular flexibility index (Phi) is 6.97. The van der Waals surface area contributed by atoms with E-state index in [1.165, 1.54) is 0 Å². The molecule has 0 bridgehead atoms. The smallest absolute Gasteiger partial charge is 0.330 e. The number of nitrogens with zero attached hydrogens (tertiary/aromatic N) is 2. The summed E-state index contributed by atoms with van der Waals surface area (Å²) in [5.41, 5.74) is 4.55. The van der Waals surface area contributed by atoms with Gasteiger partial charge in [0.1, 0.15) is 6.54 Å². The lowest BCUT2D eigenvalue weighted by molar-refractivity contribution is -0.154. The van der Waals surface area contributed by atoms with E-state index in [0.29, 0.717) is 32.1 Å². The van der Waals surface area contributed by atoms with Crippen molar-refractivity contribution in [1.29, 1.82) is 0 Å². The van der Waals surface area contributed by atoms with Crippen LogP contribution in [0.15, 0.2) is 36.5 Å². The summed E-state index contributed by atoms with van der Waals surface area (Å²) >= 11 is 18.4. The van der Waals surface area contributed by atoms with Gasteiger partial charge in [0.05, 0.1) is 34.5 Å². The van der Waals surface area contributed by atoms with Gasteiger partial charge < -0.3 is 14.0 Å². The van der Waals surface area contributed by atoms with E-state index in [9.17, 15) is 9.59 Å². The minimum absolute atomic E-state index is 0.147. The van der Waals surface area contributed by atoms with E-state index in [4.69, 9.17) is 44.4 Å². The van der Waals surface area contributed by atoms with Crippen molar-refractivity contribution in [3.63, 3.8) is 0 Å². The van der Waals surface area contributed by atoms with Crippen molar-refractivity contribution in [2.75, 3.05) is 13.2 Å². The predicted octanol–water partition coefficient (Wildman–Crippen LogP) is 4.11. The van der Waals surface area contributed by atoms with E-state index in [0.717, 1.165) is 5.56 Å². The number of esters is 1. The van der Waals surface area contributed by atoms with Crippen LogP contribution in [0.25, 0.3) is 16.9 Å². The highest BCUT2D eigenvalue weighted by Crippen LogP contribution is 2.30. The van der Waals surface area contributed by atoms with Crippen molar-refractivity contribution in [2.45, 2.75) is 13.3 Å². The molecule has 10 heteroatoms. The SMILES string of the molecule is CCOC(=O)CNOC(=O)Cc1c(-c2ccc(Cl)cc2)nc2c(Cl)cc(Cl)cn12. The van der Waals surface area contributed by atoms with E-state index >= 15 is 0 Å². The molecule has 3 aromatic rings. The lowest BCUT2D eigenvalue weighted by Gasteiger charge is -2.08. The second-order valence-electron chi connectivity index (χ2n) is 5.89. The number of benzene rings is 1. The molecule has 1 aromatic carbocycles. The number of carbonyl (C=O) groups excluding carboxylic acids is 2. The van der Waals surface area contributed by atoms with Crippen LogP contribution in [0.5, 0.6) is 0 Å². The number of aromatic nitrogens is 2. The highest BCUT2D eigenvalue weighted by atomic mass is 35.5. The molecular formula is C19H16Cl3N3O4. The Balaban J connectivity index is 1.90. The van der Waals surface area contributed by atoms with Gasteiger partial charge in [-0.15, -0.1) is 5.48 Å². The van der Waals surface area contributed by atoms with Crippen LogP contribution < -0.4 is 5.48 Å². The second-order valence-corrected chi connectivity index (χ2v) is 7.17. The average Bonchev–Trinajstić information content (AvgIpc) is 3.01. The molecule has 0 saturated carbocycles. The van der Waals surface area contributed by atoms with Gasteiger partial charge in [0.25, 0.3) is 0 Å². The zero-order valence-corrected chi connectivity index (χ0v) is 17.5. The molecule has 0 amide bonds. The number of nitrogens with one attached hydrogen (secondary N) is 1. The number of rotatable bonds is 7. The molecule has 152 valence electrons. The quantitative estimate of drug-likeness (QED) is 0.425. The summed E-state index contributed by atoms with van der Waals surface area (Å²) in [6.45, 7) is 1.67. The van der Waals surface area contributed by atoms with E-state index < -0.39 is 11.9 Å². The van der Waals surface area contributed by atoms with Gasteiger partial charge in [-0.3, -0.25) is 4.79 Å². The standard InChI is InChI=1S/C19H16Cl3N3O4/c1-2-28-17(27)9-23-29-16(26)8-15-18(11-3-5-12(20)6-4-11)24-19-14(22)7-13(21)10-25(15)19/h3-7,10,23H,2,8-9H2,1H3. The Labute approximate surface area is 181 Å². The van der Waals surface area contributed by atoms with Gasteiger partial charge >= 0.3 is 11.9 Å². The van der Waals surface area contributed by atoms with Crippen LogP contribution in [0.2, 0.25) is 15.1 Å². The number of halogens is 3. The van der Waals surface area contributed by atoms with Gasteiger partial charge in [-0.1, -0.05) is 46.9 Å². The van der Waals surface area contributed by atoms with Gasteiger partial charge in [-0.25, -0.2) is 9.78 Å². The molecule has 0 spiro atoms. The Bertz CT molecular complexity index is 1050. The van der Waals surface area contributed by atoms with Crippen LogP contribution >= 0.6 is 34.8 Å². The van der Waals surface area contributed by atoms with Crippen molar-refractivity contribution in [3.05, 3.63) is 57.3 Å². The maximum atomic E-state index is 12.3. The summed E-state index contributed by atoms with van der Waals surface area (Å²) in [6, 6.07) is 8.58. The molecule has 2 aromatic heterocycles. The molecule has 7 nitrogen and oxygen atoms in total. The molecule has 29 heavy (non-hydrogen) atoms. The molecule has 0 aliphatic rings. The van der Waals surface area contributed by atoms with E-state index in [-0.39, 0.29) is 19.6 Å². The van der Waals surface area contributed by atoms with Crippen LogP contribution in [-0.4, -0.2) is 34.5 Å². The maximum Gasteiger partial charge on any atom is 0.330 e. The van der Waals surface area contributed by atoms with E-state index in [1.54, 1.807) is 47.9 Å². The third kappa shape index (κ3) is 5.19. The third-order valence-electron chi connectivity index (χ3n) is 3.88. The summed E-state index contributed by atoms with van der Waals surface area (Å²) < 4.78 is 6.39. The number of fused-ring (bicyclic) bond motifs is 1. The van der Waals surface area contributed by atoms with Crippen molar-refractivity contribution in [1.82, 2.24) is 14.9 Å². The maximum absolute atomic E-state index is 12.3. The summed E-state index contributed by atoms with van der Waals surface area (Å²) in [4.78, 5) is 33.2. The highest BCUT2D eigenvalue weighted by Gasteiger charge is 2.20. The third-order valence-corrected chi connectivity index (χ3v) is 4.61. The fourth-order valence-corrected chi connectivity index (χ4v) is 3.33. The van der Waals surface area contributed by atoms with Gasteiger partial charge in [0.15, 0.2) is 5.65 Å². The molecule has 3 rings (SSSR count). The topological polar surface area (TPSA) is 81.9 Å². The Morgan fingerprint density at radius 1 is 1.10 bits per heavy atom. The first kappa shape index (κ1) is 21.4. The van der Waals surface area contributed by atoms with Crippen LogP contribution in [0.4, 0.5) is 0 Å². The Morgan fingerprint density at radius 2 is 1.83 bits per heavy atom. The number of pyridine rings is 1. The molecule has 1 N–H and O–H groups in total. The first-order valence-corrected chi connectivity index (χ1v) is 9.72. The van der Waals surface area contributed by atoms with Crippen molar-refractivity contribution in [3.8, 4) is 11.3 Å². The fraction of sp³-hybridized carbons (Fsp3) is 0.211. The average molecular weight is 457 g/mol. The lowest BCUT2D eigenvalue weighted by Crippen LogP contribution is -2.28. The van der Waals surface area contributed by atoms with Crippen molar-refractivity contribution >= 4 is 52.4 Å². The zero-order valence-electron chi connectivity index (χ0n) is 15.2. The first-order valence-electron chi connectivity index (χ1n) is 8.59. The minimum Gasteiger partial charge on any atom is -0.465 e. The van der Waals surface area contributed by atoms with E-state index in [2.05, 4.69) is 10.5 Å². The molecule has 2 heterocycles. The largest absolute Gasteiger partial charge is 0.465 e. The fourth-order valence-electron chi connectivity index (χ4n) is 2.69. The van der Waals surface area contributed by atoms with Gasteiger partial charge in [0, 0.05) is 16.8 Å². The molecule has 0 atom stereocenters. The molecule has 0 radical (unpaired) electrons. The molecule has 0 aliphatic heterocycles. The number of hydrogen-bond acceptors (Lipinski definition) is 6. The van der Waals surface area contributed by atoms with Crippen molar-refractivity contribution in [2.24, 2.45) is 0 Å². The Hall–Kier alpha value is -2.32. The zero-order chi connectivity index (χ0) is 21.0. The lowest BCUT2D eigenvalue weighted by atomic mass is 10.1. The molecule has 0 fully saturated rings. The van der Waals surface area contributed by atoms with E-state index in [1.807, 2.05) is 0 Å². The molecular weight excluding hydrogens is 441 g/mol. The van der Waals surface area contributed by atoms with Gasteiger partial charge in [0.2, 0.25) is 0 Å². The number of carbonyl (C=O) groups is 2.